The van der Waals surface area contributed by atoms with E-state index in [9.17, 15) is 9.90 Å². The highest BCUT2D eigenvalue weighted by atomic mass is 16.4. The van der Waals surface area contributed by atoms with Crippen LogP contribution in [0.15, 0.2) is 24.3 Å². The Morgan fingerprint density at radius 3 is 1.85 bits per heavy atom. The molecule has 6 bridgehead atoms. The van der Waals surface area contributed by atoms with Gasteiger partial charge in [-0.15, -0.1) is 0 Å². The zero-order valence-corrected chi connectivity index (χ0v) is 26.3. The number of hydrogen-bond acceptors (Lipinski definition) is 1. The molecule has 9 aliphatic rings. The van der Waals surface area contributed by atoms with Gasteiger partial charge in [-0.2, -0.15) is 0 Å². The maximum absolute atomic E-state index is 12.7. The highest BCUT2D eigenvalue weighted by molar-refractivity contribution is 5.90. The van der Waals surface area contributed by atoms with Gasteiger partial charge in [0.25, 0.3) is 0 Å². The van der Waals surface area contributed by atoms with E-state index in [2.05, 4.69) is 74.4 Å². The smallest absolute Gasteiger partial charge is 0.335 e. The molecule has 214 valence electrons. The fourth-order valence-electron chi connectivity index (χ4n) is 15.5. The zero-order chi connectivity index (χ0) is 28.2. The fourth-order valence-corrected chi connectivity index (χ4v) is 15.5. The second-order valence-corrected chi connectivity index (χ2v) is 17.7. The largest absolute Gasteiger partial charge is 0.478 e. The van der Waals surface area contributed by atoms with Crippen molar-refractivity contribution < 1.29 is 9.90 Å². The average Bonchev–Trinajstić information content (AvgIpc) is 2.88. The van der Waals surface area contributed by atoms with Crippen LogP contribution in [0, 0.1) is 61.6 Å². The molecular weight excluding hydrogens is 476 g/mol. The summed E-state index contributed by atoms with van der Waals surface area (Å²) in [4.78, 5) is 12.7. The van der Waals surface area contributed by atoms with Crippen molar-refractivity contribution in [2.45, 2.75) is 126 Å². The van der Waals surface area contributed by atoms with Crippen molar-refractivity contribution in [3.63, 3.8) is 0 Å². The maximum atomic E-state index is 12.7. The molecule has 0 amide bonds. The normalized spacial score (nSPS) is 51.6. The molecule has 39 heavy (non-hydrogen) atoms. The Hall–Kier alpha value is -1.31. The number of carboxylic acid groups (broad SMARTS) is 1. The van der Waals surface area contributed by atoms with E-state index in [4.69, 9.17) is 0 Å². The Kier molecular flexibility index (Phi) is 4.89. The van der Waals surface area contributed by atoms with E-state index >= 15 is 0 Å². The van der Waals surface area contributed by atoms with Gasteiger partial charge >= 0.3 is 5.97 Å². The molecule has 0 heterocycles. The molecule has 0 radical (unpaired) electrons. The molecule has 0 aromatic heterocycles. The van der Waals surface area contributed by atoms with E-state index in [1.54, 1.807) is 0 Å². The van der Waals surface area contributed by atoms with Crippen LogP contribution < -0.4 is 0 Å². The average molecular weight is 531 g/mol. The van der Waals surface area contributed by atoms with E-state index in [0.29, 0.717) is 16.4 Å². The molecule has 9 saturated carbocycles. The lowest BCUT2D eigenvalue weighted by molar-refractivity contribution is -0.446. The lowest BCUT2D eigenvalue weighted by Crippen LogP contribution is -2.88. The first-order chi connectivity index (χ1) is 18.0. The maximum Gasteiger partial charge on any atom is 0.335 e. The number of benzene rings is 1. The lowest BCUT2D eigenvalue weighted by Gasteiger charge is -2.93. The molecule has 1 N–H and O–H groups in total. The van der Waals surface area contributed by atoms with Crippen molar-refractivity contribution in [1.29, 1.82) is 0 Å². The second kappa shape index (κ2) is 7.18. The quantitative estimate of drug-likeness (QED) is 0.420. The van der Waals surface area contributed by atoms with Gasteiger partial charge in [-0.3, -0.25) is 0 Å². The predicted octanol–water partition coefficient (Wildman–Crippen LogP) is 9.76. The second-order valence-electron chi connectivity index (χ2n) is 17.7. The molecule has 2 nitrogen and oxygen atoms in total. The third-order valence-electron chi connectivity index (χ3n) is 17.2. The van der Waals surface area contributed by atoms with Crippen LogP contribution in [0.1, 0.15) is 136 Å². The minimum Gasteiger partial charge on any atom is -0.478 e. The van der Waals surface area contributed by atoms with Gasteiger partial charge in [0.2, 0.25) is 0 Å². The van der Waals surface area contributed by atoms with Crippen LogP contribution in [0.5, 0.6) is 0 Å². The summed E-state index contributed by atoms with van der Waals surface area (Å²) in [5.74, 6) is 2.42. The molecule has 0 spiro atoms. The summed E-state index contributed by atoms with van der Waals surface area (Å²) in [6, 6.07) is 8.16. The van der Waals surface area contributed by atoms with E-state index in [1.807, 2.05) is 12.1 Å². The van der Waals surface area contributed by atoms with Crippen molar-refractivity contribution >= 4 is 5.97 Å². The van der Waals surface area contributed by atoms with E-state index < -0.39 is 5.97 Å². The Morgan fingerprint density at radius 1 is 0.718 bits per heavy atom. The molecule has 1 aromatic rings. The lowest BCUT2D eigenvalue weighted by atomic mass is 9.11. The summed E-state index contributed by atoms with van der Waals surface area (Å²) in [6.45, 7) is 23.8. The number of hydrogen-bond donors (Lipinski definition) is 1. The number of rotatable bonds is 4. The number of carbonyl (C=O) groups is 1. The van der Waals surface area contributed by atoms with Crippen LogP contribution in [0.2, 0.25) is 0 Å². The van der Waals surface area contributed by atoms with Crippen LogP contribution in [0.25, 0.3) is 0 Å². The fraction of sp³-hybridized carbons (Fsp3) is 0.811. The molecule has 9 atom stereocenters. The Morgan fingerprint density at radius 2 is 1.28 bits per heavy atom. The molecule has 9 aliphatic carbocycles. The first kappa shape index (κ1) is 26.6. The van der Waals surface area contributed by atoms with Gasteiger partial charge in [0.05, 0.1) is 5.56 Å². The highest BCUT2D eigenvalue weighted by Crippen LogP contribution is 2.96. The van der Waals surface area contributed by atoms with Crippen molar-refractivity contribution in [3.8, 4) is 0 Å². The van der Waals surface area contributed by atoms with Gasteiger partial charge < -0.3 is 5.11 Å². The molecule has 2 heteroatoms. The summed E-state index contributed by atoms with van der Waals surface area (Å²) < 4.78 is 0. The van der Waals surface area contributed by atoms with Crippen LogP contribution in [-0.2, 0) is 5.41 Å². The van der Waals surface area contributed by atoms with E-state index in [-0.39, 0.29) is 32.5 Å². The van der Waals surface area contributed by atoms with Crippen LogP contribution in [0.4, 0.5) is 0 Å². The number of aromatic carboxylic acids is 1. The third kappa shape index (κ3) is 2.30. The monoisotopic (exact) mass is 530 g/mol. The standard InChI is InChI=1S/C37H54O2/c1-23-14-15-24-20-35(23,30(24,2)3)34(9)19-17-26-22-37(34,32(26,6)7)36-21-25(31(36,4)5)16-18-33(36,8)28-13-11-10-12-27(28)29(38)39/h10-13,23-26H,14-22H2,1-9H3,(H,38,39). The minimum atomic E-state index is -0.752. The van der Waals surface area contributed by atoms with Crippen LogP contribution >= 0.6 is 0 Å². The van der Waals surface area contributed by atoms with Crippen LogP contribution in [0.3, 0.4) is 0 Å². The van der Waals surface area contributed by atoms with Gasteiger partial charge in [0.1, 0.15) is 0 Å². The summed E-state index contributed by atoms with van der Waals surface area (Å²) in [5.41, 5.74) is 3.25. The summed E-state index contributed by atoms with van der Waals surface area (Å²) in [5, 5.41) is 10.5. The van der Waals surface area contributed by atoms with E-state index in [0.717, 1.165) is 35.7 Å². The van der Waals surface area contributed by atoms with Crippen molar-refractivity contribution in [3.05, 3.63) is 35.4 Å². The van der Waals surface area contributed by atoms with Gasteiger partial charge in [-0.05, 0) is 131 Å². The minimum absolute atomic E-state index is 0.0870. The van der Waals surface area contributed by atoms with Gasteiger partial charge in [0, 0.05) is 5.41 Å². The Labute approximate surface area is 238 Å². The molecule has 10 rings (SSSR count). The first-order valence-corrected chi connectivity index (χ1v) is 16.4. The molecule has 9 unspecified atom stereocenters. The summed E-state index contributed by atoms with van der Waals surface area (Å²) >= 11 is 0. The zero-order valence-electron chi connectivity index (χ0n) is 26.3. The number of fused-ring (bicyclic) bond motifs is 6. The summed E-state index contributed by atoms with van der Waals surface area (Å²) in [7, 11) is 0. The van der Waals surface area contributed by atoms with E-state index in [1.165, 1.54) is 51.4 Å². The topological polar surface area (TPSA) is 37.3 Å². The SMILES string of the molecule is CC1CCC2CC1(C1(C)CCC3CC1(C14CC(CCC1(C)c1ccccc1C(=O)O)C4(C)C)C3(C)C)C2(C)C. The summed E-state index contributed by atoms with van der Waals surface area (Å²) in [6.07, 6.45) is 11.9. The van der Waals surface area contributed by atoms with Gasteiger partial charge in [0.15, 0.2) is 0 Å². The molecule has 0 aliphatic heterocycles. The Bertz CT molecular complexity index is 1260. The molecule has 9 fully saturated rings. The first-order valence-electron chi connectivity index (χ1n) is 16.4. The van der Waals surface area contributed by atoms with Crippen molar-refractivity contribution in [2.24, 2.45) is 61.6 Å². The highest BCUT2D eigenvalue weighted by Gasteiger charge is 2.90. The van der Waals surface area contributed by atoms with Crippen molar-refractivity contribution in [1.82, 2.24) is 0 Å². The van der Waals surface area contributed by atoms with Gasteiger partial charge in [-0.1, -0.05) is 80.5 Å². The molecule has 1 aromatic carbocycles. The van der Waals surface area contributed by atoms with Crippen molar-refractivity contribution in [2.75, 3.05) is 0 Å². The predicted molar refractivity (Wildman–Crippen MR) is 159 cm³/mol. The number of carboxylic acids is 1. The van der Waals surface area contributed by atoms with Gasteiger partial charge in [-0.25, -0.2) is 4.79 Å². The third-order valence-corrected chi connectivity index (χ3v) is 17.2. The Balaban J connectivity index is 1.54. The molecule has 0 saturated heterocycles. The van der Waals surface area contributed by atoms with Crippen LogP contribution in [-0.4, -0.2) is 11.1 Å². The molecular formula is C37H54O2.